The molecule has 0 radical (unpaired) electrons. The molecule has 21 heavy (non-hydrogen) atoms. The van der Waals surface area contributed by atoms with Crippen LogP contribution >= 0.6 is 0 Å². The van der Waals surface area contributed by atoms with Crippen LogP contribution < -0.4 is 14.8 Å². The Labute approximate surface area is 124 Å². The van der Waals surface area contributed by atoms with Crippen LogP contribution in [0.1, 0.15) is 12.8 Å². The number of rotatable bonds is 5. The van der Waals surface area contributed by atoms with Crippen molar-refractivity contribution >= 4 is 11.8 Å². The van der Waals surface area contributed by atoms with E-state index in [0.29, 0.717) is 44.8 Å². The van der Waals surface area contributed by atoms with Gasteiger partial charge in [0.1, 0.15) is 11.5 Å². The Bertz CT molecular complexity index is 487. The number of nitrogens with one attached hydrogen (secondary N) is 1. The number of benzene rings is 1. The van der Waals surface area contributed by atoms with E-state index < -0.39 is 0 Å². The van der Waals surface area contributed by atoms with Gasteiger partial charge in [0.2, 0.25) is 11.8 Å². The second kappa shape index (κ2) is 7.52. The molecule has 2 amide bonds. The fraction of sp³-hybridized carbons (Fsp3) is 0.467. The third-order valence-electron chi connectivity index (χ3n) is 3.31. The van der Waals surface area contributed by atoms with Crippen LogP contribution in [0.15, 0.2) is 24.3 Å². The molecule has 1 fully saturated rings. The average molecular weight is 292 g/mol. The highest BCUT2D eigenvalue weighted by Gasteiger charge is 2.17. The highest BCUT2D eigenvalue weighted by atomic mass is 16.5. The monoisotopic (exact) mass is 292 g/mol. The van der Waals surface area contributed by atoms with Crippen molar-refractivity contribution in [3.63, 3.8) is 0 Å². The summed E-state index contributed by atoms with van der Waals surface area (Å²) in [5.41, 5.74) is 0. The van der Waals surface area contributed by atoms with Crippen molar-refractivity contribution in [3.8, 4) is 11.5 Å². The van der Waals surface area contributed by atoms with Gasteiger partial charge in [-0.25, -0.2) is 0 Å². The molecule has 1 heterocycles. The highest BCUT2D eigenvalue weighted by Crippen LogP contribution is 2.17. The maximum atomic E-state index is 12.0. The van der Waals surface area contributed by atoms with Crippen LogP contribution in [0.3, 0.4) is 0 Å². The summed E-state index contributed by atoms with van der Waals surface area (Å²) in [5.74, 6) is 1.48. The zero-order valence-electron chi connectivity index (χ0n) is 12.1. The van der Waals surface area contributed by atoms with Crippen molar-refractivity contribution in [2.45, 2.75) is 12.8 Å². The van der Waals surface area contributed by atoms with Gasteiger partial charge < -0.3 is 19.7 Å². The first-order chi connectivity index (χ1) is 10.2. The van der Waals surface area contributed by atoms with E-state index in [9.17, 15) is 9.59 Å². The summed E-state index contributed by atoms with van der Waals surface area (Å²) in [7, 11) is 1.61. The van der Waals surface area contributed by atoms with E-state index in [0.717, 1.165) is 5.75 Å². The molecule has 0 spiro atoms. The van der Waals surface area contributed by atoms with Crippen LogP contribution in [0.25, 0.3) is 0 Å². The Balaban J connectivity index is 1.74. The van der Waals surface area contributed by atoms with Crippen molar-refractivity contribution in [1.82, 2.24) is 10.2 Å². The third-order valence-corrected chi connectivity index (χ3v) is 3.31. The van der Waals surface area contributed by atoms with Gasteiger partial charge in [0.15, 0.2) is 0 Å². The largest absolute Gasteiger partial charge is 0.497 e. The van der Waals surface area contributed by atoms with Crippen LogP contribution in [0, 0.1) is 0 Å². The van der Waals surface area contributed by atoms with Crippen LogP contribution in [0.2, 0.25) is 0 Å². The van der Waals surface area contributed by atoms with E-state index >= 15 is 0 Å². The second-order valence-electron chi connectivity index (χ2n) is 4.75. The van der Waals surface area contributed by atoms with E-state index in [1.807, 2.05) is 12.1 Å². The van der Waals surface area contributed by atoms with Crippen molar-refractivity contribution in [2.24, 2.45) is 0 Å². The lowest BCUT2D eigenvalue weighted by Gasteiger charge is -2.19. The maximum Gasteiger partial charge on any atom is 0.226 e. The molecule has 0 aliphatic carbocycles. The van der Waals surface area contributed by atoms with Crippen LogP contribution in [0.5, 0.6) is 11.5 Å². The second-order valence-corrected chi connectivity index (χ2v) is 4.75. The fourth-order valence-corrected chi connectivity index (χ4v) is 2.10. The number of methoxy groups -OCH3 is 1. The quantitative estimate of drug-likeness (QED) is 0.872. The standard InChI is InChI=1S/C15H20N2O4/c1-20-12-2-4-13(5-3-12)21-11-7-15(19)17-9-6-14(18)16-8-10-17/h2-5H,6-11H2,1H3,(H,16,18). The van der Waals surface area contributed by atoms with Gasteiger partial charge in [-0.2, -0.15) is 0 Å². The molecule has 6 heteroatoms. The lowest BCUT2D eigenvalue weighted by atomic mass is 10.3. The minimum Gasteiger partial charge on any atom is -0.497 e. The Hall–Kier alpha value is -2.24. The Morgan fingerprint density at radius 2 is 1.95 bits per heavy atom. The first kappa shape index (κ1) is 15.2. The smallest absolute Gasteiger partial charge is 0.226 e. The zero-order chi connectivity index (χ0) is 15.1. The van der Waals surface area contributed by atoms with E-state index in [1.54, 1.807) is 24.1 Å². The molecule has 0 aromatic heterocycles. The minimum absolute atomic E-state index is 0.000201. The summed E-state index contributed by atoms with van der Waals surface area (Å²) in [5, 5.41) is 2.75. The number of ether oxygens (including phenoxy) is 2. The minimum atomic E-state index is -0.000201. The number of carbonyl (C=O) groups is 2. The molecule has 1 aromatic rings. The van der Waals surface area contributed by atoms with Crippen molar-refractivity contribution in [3.05, 3.63) is 24.3 Å². The summed E-state index contributed by atoms with van der Waals surface area (Å²) >= 11 is 0. The molecule has 1 saturated heterocycles. The number of amides is 2. The third kappa shape index (κ3) is 4.66. The summed E-state index contributed by atoms with van der Waals surface area (Å²) in [6, 6.07) is 7.22. The van der Waals surface area contributed by atoms with Gasteiger partial charge in [-0.3, -0.25) is 9.59 Å². The summed E-state index contributed by atoms with van der Waals surface area (Å²) in [4.78, 5) is 25.0. The molecular formula is C15H20N2O4. The molecule has 1 aliphatic heterocycles. The van der Waals surface area contributed by atoms with E-state index in [-0.39, 0.29) is 11.8 Å². The van der Waals surface area contributed by atoms with E-state index in [1.165, 1.54) is 0 Å². The van der Waals surface area contributed by atoms with Crippen molar-refractivity contribution < 1.29 is 19.1 Å². The number of hydrogen-bond donors (Lipinski definition) is 1. The fourth-order valence-electron chi connectivity index (χ4n) is 2.10. The Morgan fingerprint density at radius 3 is 2.67 bits per heavy atom. The highest BCUT2D eigenvalue weighted by molar-refractivity contribution is 5.80. The summed E-state index contributed by atoms with van der Waals surface area (Å²) in [6.07, 6.45) is 0.672. The number of carbonyl (C=O) groups excluding carboxylic acids is 2. The zero-order valence-corrected chi connectivity index (χ0v) is 12.1. The van der Waals surface area contributed by atoms with Gasteiger partial charge in [-0.05, 0) is 24.3 Å². The lowest BCUT2D eigenvalue weighted by molar-refractivity contribution is -0.131. The van der Waals surface area contributed by atoms with Crippen LogP contribution in [-0.4, -0.2) is 50.1 Å². The van der Waals surface area contributed by atoms with E-state index in [4.69, 9.17) is 9.47 Å². The maximum absolute atomic E-state index is 12.0. The van der Waals surface area contributed by atoms with Gasteiger partial charge in [0.25, 0.3) is 0 Å². The number of nitrogens with zero attached hydrogens (tertiary/aromatic N) is 1. The molecule has 1 N–H and O–H groups in total. The normalized spacial score (nSPS) is 15.1. The van der Waals surface area contributed by atoms with Crippen LogP contribution in [-0.2, 0) is 9.59 Å². The molecule has 0 saturated carbocycles. The van der Waals surface area contributed by atoms with E-state index in [2.05, 4.69) is 5.32 Å². The Morgan fingerprint density at radius 1 is 1.24 bits per heavy atom. The SMILES string of the molecule is COc1ccc(OCCC(=O)N2CCNC(=O)CC2)cc1. The molecule has 2 rings (SSSR count). The molecule has 0 bridgehead atoms. The predicted octanol–water partition coefficient (Wildman–Crippen LogP) is 0.813. The summed E-state index contributed by atoms with van der Waals surface area (Å²) < 4.78 is 10.6. The molecule has 1 aliphatic rings. The molecular weight excluding hydrogens is 272 g/mol. The molecule has 1 aromatic carbocycles. The molecule has 114 valence electrons. The van der Waals surface area contributed by atoms with Gasteiger partial charge in [0, 0.05) is 26.1 Å². The van der Waals surface area contributed by atoms with Gasteiger partial charge in [-0.1, -0.05) is 0 Å². The predicted molar refractivity (Wildman–Crippen MR) is 77.3 cm³/mol. The van der Waals surface area contributed by atoms with Gasteiger partial charge in [0.05, 0.1) is 20.1 Å². The lowest BCUT2D eigenvalue weighted by Crippen LogP contribution is -2.34. The molecule has 6 nitrogen and oxygen atoms in total. The number of hydrogen-bond acceptors (Lipinski definition) is 4. The average Bonchev–Trinajstić information content (AvgIpc) is 2.72. The Kier molecular flexibility index (Phi) is 5.43. The van der Waals surface area contributed by atoms with Crippen LogP contribution in [0.4, 0.5) is 0 Å². The summed E-state index contributed by atoms with van der Waals surface area (Å²) in [6.45, 7) is 1.88. The van der Waals surface area contributed by atoms with Crippen molar-refractivity contribution in [1.29, 1.82) is 0 Å². The van der Waals surface area contributed by atoms with Gasteiger partial charge >= 0.3 is 0 Å². The molecule has 0 unspecified atom stereocenters. The topological polar surface area (TPSA) is 67.9 Å². The van der Waals surface area contributed by atoms with Crippen molar-refractivity contribution in [2.75, 3.05) is 33.4 Å². The van der Waals surface area contributed by atoms with Gasteiger partial charge in [-0.15, -0.1) is 0 Å². The first-order valence-electron chi connectivity index (χ1n) is 7.00. The molecule has 0 atom stereocenters. The first-order valence-corrected chi connectivity index (χ1v) is 7.00.